The van der Waals surface area contributed by atoms with Crippen LogP contribution in [0.3, 0.4) is 0 Å². The third-order valence-electron chi connectivity index (χ3n) is 6.93. The van der Waals surface area contributed by atoms with Crippen LogP contribution in [0.25, 0.3) is 10.9 Å². The van der Waals surface area contributed by atoms with E-state index in [0.29, 0.717) is 26.1 Å². The first-order valence-electron chi connectivity index (χ1n) is 10.6. The summed E-state index contributed by atoms with van der Waals surface area (Å²) >= 11 is 0. The Morgan fingerprint density at radius 1 is 1.24 bits per heavy atom. The van der Waals surface area contributed by atoms with Gasteiger partial charge in [-0.05, 0) is 42.7 Å². The summed E-state index contributed by atoms with van der Waals surface area (Å²) in [6.45, 7) is 5.83. The molecule has 0 bridgehead atoms. The maximum atomic E-state index is 12.9. The predicted molar refractivity (Wildman–Crippen MR) is 111 cm³/mol. The SMILES string of the molecule is CCC(C)(CC(=O)O)CC(=O)N1CCC2(CC1)OCCc1c2[nH]c2ccccc12. The molecule has 1 fully saturated rings. The van der Waals surface area contributed by atoms with Gasteiger partial charge in [-0.25, -0.2) is 0 Å². The largest absolute Gasteiger partial charge is 0.481 e. The van der Waals surface area contributed by atoms with Crippen LogP contribution in [-0.2, 0) is 26.3 Å². The lowest BCUT2D eigenvalue weighted by atomic mass is 9.79. The van der Waals surface area contributed by atoms with Gasteiger partial charge in [-0.2, -0.15) is 0 Å². The molecule has 2 aromatic rings. The van der Waals surface area contributed by atoms with E-state index in [-0.39, 0.29) is 24.3 Å². The summed E-state index contributed by atoms with van der Waals surface area (Å²) < 4.78 is 6.32. The van der Waals surface area contributed by atoms with Gasteiger partial charge in [0.2, 0.25) is 5.91 Å². The van der Waals surface area contributed by atoms with E-state index in [2.05, 4.69) is 23.2 Å². The molecule has 3 heterocycles. The number of carbonyl (C=O) groups is 2. The molecule has 6 heteroatoms. The number of nitrogens with one attached hydrogen (secondary N) is 1. The minimum Gasteiger partial charge on any atom is -0.481 e. The minimum absolute atomic E-state index is 0.0224. The van der Waals surface area contributed by atoms with Crippen LogP contribution in [0.15, 0.2) is 24.3 Å². The van der Waals surface area contributed by atoms with E-state index >= 15 is 0 Å². The number of piperidine rings is 1. The zero-order chi connectivity index (χ0) is 20.6. The number of benzene rings is 1. The number of para-hydroxylation sites is 1. The van der Waals surface area contributed by atoms with E-state index in [9.17, 15) is 14.7 Å². The lowest BCUT2D eigenvalue weighted by Gasteiger charge is -2.44. The molecule has 1 spiro atoms. The molecule has 2 aliphatic heterocycles. The fraction of sp³-hybridized carbons (Fsp3) is 0.565. The Balaban J connectivity index is 1.49. The van der Waals surface area contributed by atoms with Crippen molar-refractivity contribution in [1.82, 2.24) is 9.88 Å². The molecule has 0 saturated carbocycles. The number of aliphatic carboxylic acids is 1. The Kier molecular flexibility index (Phi) is 5.15. The number of aromatic amines is 1. The molecular weight excluding hydrogens is 368 g/mol. The Labute approximate surface area is 171 Å². The highest BCUT2D eigenvalue weighted by molar-refractivity contribution is 5.85. The molecule has 1 saturated heterocycles. The highest BCUT2D eigenvalue weighted by Crippen LogP contribution is 2.43. The fourth-order valence-corrected chi connectivity index (χ4v) is 4.94. The molecule has 0 aliphatic carbocycles. The molecular formula is C23H30N2O4. The maximum absolute atomic E-state index is 12.9. The van der Waals surface area contributed by atoms with Gasteiger partial charge in [0.1, 0.15) is 5.60 Å². The van der Waals surface area contributed by atoms with Crippen LogP contribution in [0, 0.1) is 5.41 Å². The van der Waals surface area contributed by atoms with Gasteiger partial charge in [-0.1, -0.05) is 32.0 Å². The number of carbonyl (C=O) groups excluding carboxylic acids is 1. The first-order chi connectivity index (χ1) is 13.9. The first kappa shape index (κ1) is 20.0. The molecule has 6 nitrogen and oxygen atoms in total. The quantitative estimate of drug-likeness (QED) is 0.802. The molecule has 1 amide bonds. The van der Waals surface area contributed by atoms with Crippen LogP contribution in [-0.4, -0.2) is 46.6 Å². The number of aromatic nitrogens is 1. The second kappa shape index (κ2) is 7.48. The van der Waals surface area contributed by atoms with Gasteiger partial charge >= 0.3 is 5.97 Å². The Morgan fingerprint density at radius 3 is 2.66 bits per heavy atom. The number of likely N-dealkylation sites (tertiary alicyclic amines) is 1. The third kappa shape index (κ3) is 3.66. The maximum Gasteiger partial charge on any atom is 0.303 e. The first-order valence-corrected chi connectivity index (χ1v) is 10.6. The number of nitrogens with zero attached hydrogens (tertiary/aromatic N) is 1. The van der Waals surface area contributed by atoms with Crippen molar-refractivity contribution in [2.75, 3.05) is 19.7 Å². The van der Waals surface area contributed by atoms with Crippen molar-refractivity contribution in [2.24, 2.45) is 5.41 Å². The van der Waals surface area contributed by atoms with E-state index < -0.39 is 11.4 Å². The second-order valence-electron chi connectivity index (χ2n) is 8.91. The van der Waals surface area contributed by atoms with Crippen LogP contribution >= 0.6 is 0 Å². The molecule has 1 atom stereocenters. The standard InChI is InChI=1S/C23H30N2O4/c1-3-22(2,15-20(27)28)14-19(26)25-11-9-23(10-12-25)21-17(8-13-29-23)16-6-4-5-7-18(16)24-21/h4-7,24H,3,8-15H2,1-2H3,(H,27,28). The van der Waals surface area contributed by atoms with Crippen LogP contribution in [0.5, 0.6) is 0 Å². The van der Waals surface area contributed by atoms with E-state index in [1.54, 1.807) is 0 Å². The topological polar surface area (TPSA) is 82.6 Å². The van der Waals surface area contributed by atoms with Crippen molar-refractivity contribution in [3.8, 4) is 0 Å². The zero-order valence-electron chi connectivity index (χ0n) is 17.3. The highest BCUT2D eigenvalue weighted by atomic mass is 16.5. The number of ether oxygens (including phenoxy) is 1. The molecule has 0 radical (unpaired) electrons. The van der Waals surface area contributed by atoms with E-state index in [1.165, 1.54) is 16.6 Å². The number of hydrogen-bond donors (Lipinski definition) is 2. The number of amides is 1. The van der Waals surface area contributed by atoms with Crippen molar-refractivity contribution in [3.63, 3.8) is 0 Å². The van der Waals surface area contributed by atoms with Crippen molar-refractivity contribution in [3.05, 3.63) is 35.5 Å². The average molecular weight is 399 g/mol. The van der Waals surface area contributed by atoms with Gasteiger partial charge < -0.3 is 19.7 Å². The summed E-state index contributed by atoms with van der Waals surface area (Å²) in [6.07, 6.45) is 3.41. The molecule has 1 aromatic heterocycles. The summed E-state index contributed by atoms with van der Waals surface area (Å²) in [5.74, 6) is -0.792. The van der Waals surface area contributed by atoms with Gasteiger partial charge in [0.25, 0.3) is 0 Å². The molecule has 29 heavy (non-hydrogen) atoms. The second-order valence-corrected chi connectivity index (χ2v) is 8.91. The van der Waals surface area contributed by atoms with Crippen molar-refractivity contribution in [1.29, 1.82) is 0 Å². The number of rotatable bonds is 5. The monoisotopic (exact) mass is 398 g/mol. The van der Waals surface area contributed by atoms with E-state index in [1.807, 2.05) is 24.8 Å². The smallest absolute Gasteiger partial charge is 0.303 e. The molecule has 1 aromatic carbocycles. The molecule has 2 N–H and O–H groups in total. The molecule has 156 valence electrons. The van der Waals surface area contributed by atoms with Crippen LogP contribution in [0.2, 0.25) is 0 Å². The molecule has 2 aliphatic rings. The summed E-state index contributed by atoms with van der Waals surface area (Å²) in [4.78, 5) is 29.6. The number of fused-ring (bicyclic) bond motifs is 4. The van der Waals surface area contributed by atoms with Crippen molar-refractivity contribution < 1.29 is 19.4 Å². The molecule has 1 unspecified atom stereocenters. The summed E-state index contributed by atoms with van der Waals surface area (Å²) in [7, 11) is 0. The summed E-state index contributed by atoms with van der Waals surface area (Å²) in [5, 5.41) is 10.5. The number of hydrogen-bond acceptors (Lipinski definition) is 3. The van der Waals surface area contributed by atoms with Gasteiger partial charge in [-0.3, -0.25) is 9.59 Å². The van der Waals surface area contributed by atoms with Crippen LogP contribution < -0.4 is 0 Å². The lowest BCUT2D eigenvalue weighted by molar-refractivity contribution is -0.145. The normalized spacial score (nSPS) is 20.4. The predicted octanol–water partition coefficient (Wildman–Crippen LogP) is 3.84. The van der Waals surface area contributed by atoms with Gasteiger partial charge in [0.05, 0.1) is 18.7 Å². The summed E-state index contributed by atoms with van der Waals surface area (Å²) in [5.41, 5.74) is 2.84. The summed E-state index contributed by atoms with van der Waals surface area (Å²) in [6, 6.07) is 8.38. The fourth-order valence-electron chi connectivity index (χ4n) is 4.94. The Bertz CT molecular complexity index is 926. The Hall–Kier alpha value is -2.34. The van der Waals surface area contributed by atoms with Gasteiger partial charge in [0, 0.05) is 30.4 Å². The molecule has 4 rings (SSSR count). The average Bonchev–Trinajstić information content (AvgIpc) is 3.08. The third-order valence-corrected chi connectivity index (χ3v) is 6.93. The van der Waals surface area contributed by atoms with Crippen LogP contribution in [0.4, 0.5) is 0 Å². The number of H-pyrrole nitrogens is 1. The number of carboxylic acid groups (broad SMARTS) is 1. The van der Waals surface area contributed by atoms with Crippen molar-refractivity contribution in [2.45, 2.75) is 58.0 Å². The van der Waals surface area contributed by atoms with Crippen molar-refractivity contribution >= 4 is 22.8 Å². The highest BCUT2D eigenvalue weighted by Gasteiger charge is 2.44. The van der Waals surface area contributed by atoms with Gasteiger partial charge in [-0.15, -0.1) is 0 Å². The number of carboxylic acids is 1. The van der Waals surface area contributed by atoms with Gasteiger partial charge in [0.15, 0.2) is 0 Å². The van der Waals surface area contributed by atoms with E-state index in [4.69, 9.17) is 4.74 Å². The lowest BCUT2D eigenvalue weighted by Crippen LogP contribution is -2.49. The Morgan fingerprint density at radius 2 is 1.97 bits per heavy atom. The zero-order valence-corrected chi connectivity index (χ0v) is 17.3. The van der Waals surface area contributed by atoms with E-state index in [0.717, 1.165) is 24.8 Å². The minimum atomic E-state index is -0.846. The van der Waals surface area contributed by atoms with Crippen LogP contribution in [0.1, 0.15) is 57.2 Å².